The summed E-state index contributed by atoms with van der Waals surface area (Å²) in [6.07, 6.45) is 7.00. The third kappa shape index (κ3) is 6.53. The van der Waals surface area contributed by atoms with E-state index >= 15 is 0 Å². The van der Waals surface area contributed by atoms with Crippen LogP contribution in [-0.2, 0) is 9.59 Å². The van der Waals surface area contributed by atoms with Gasteiger partial charge in [-0.1, -0.05) is 39.2 Å². The van der Waals surface area contributed by atoms with Gasteiger partial charge in [-0.05, 0) is 43.4 Å². The molecule has 168 valence electrons. The maximum Gasteiger partial charge on any atom is 0.247 e. The van der Waals surface area contributed by atoms with Gasteiger partial charge in [0.25, 0.3) is 0 Å². The Morgan fingerprint density at radius 1 is 1.17 bits per heavy atom. The number of rotatable bonds is 11. The zero-order chi connectivity index (χ0) is 21.9. The lowest BCUT2D eigenvalue weighted by Crippen LogP contribution is -2.47. The first-order chi connectivity index (χ1) is 14.5. The fourth-order valence-corrected chi connectivity index (χ4v) is 4.05. The Hall–Kier alpha value is -1.95. The number of amides is 2. The van der Waals surface area contributed by atoms with Gasteiger partial charge in [-0.15, -0.1) is 11.6 Å². The summed E-state index contributed by atoms with van der Waals surface area (Å²) < 4.78 is 11.2. The summed E-state index contributed by atoms with van der Waals surface area (Å²) in [5.74, 6) is 0.583. The Morgan fingerprint density at radius 2 is 1.90 bits per heavy atom. The SMILES string of the molecule is CCCOc1ccc(C(C(=O)NC2CCCCC2)N(CCC)C(=O)CCl)cc1OC. The molecule has 0 aromatic heterocycles. The largest absolute Gasteiger partial charge is 0.493 e. The lowest BCUT2D eigenvalue weighted by atomic mass is 9.94. The van der Waals surface area contributed by atoms with Gasteiger partial charge in [-0.3, -0.25) is 9.59 Å². The molecule has 1 unspecified atom stereocenters. The summed E-state index contributed by atoms with van der Waals surface area (Å²) in [5, 5.41) is 3.17. The Morgan fingerprint density at radius 3 is 2.50 bits per heavy atom. The van der Waals surface area contributed by atoms with Gasteiger partial charge in [0.05, 0.1) is 13.7 Å². The van der Waals surface area contributed by atoms with E-state index in [1.807, 2.05) is 19.9 Å². The van der Waals surface area contributed by atoms with E-state index in [9.17, 15) is 9.59 Å². The molecule has 0 aliphatic heterocycles. The van der Waals surface area contributed by atoms with Crippen molar-refractivity contribution in [2.24, 2.45) is 0 Å². The van der Waals surface area contributed by atoms with Gasteiger partial charge in [0.15, 0.2) is 11.5 Å². The van der Waals surface area contributed by atoms with Crippen molar-refractivity contribution in [1.82, 2.24) is 10.2 Å². The molecule has 1 atom stereocenters. The van der Waals surface area contributed by atoms with Crippen molar-refractivity contribution >= 4 is 23.4 Å². The third-order valence-corrected chi connectivity index (χ3v) is 5.60. The van der Waals surface area contributed by atoms with Gasteiger partial charge in [0.2, 0.25) is 11.8 Å². The van der Waals surface area contributed by atoms with Gasteiger partial charge >= 0.3 is 0 Å². The average Bonchev–Trinajstić information content (AvgIpc) is 2.77. The minimum absolute atomic E-state index is 0.150. The quantitative estimate of drug-likeness (QED) is 0.518. The molecule has 1 saturated carbocycles. The number of hydrogen-bond acceptors (Lipinski definition) is 4. The van der Waals surface area contributed by atoms with Crippen LogP contribution in [-0.4, -0.2) is 48.9 Å². The fourth-order valence-electron chi connectivity index (χ4n) is 3.90. The van der Waals surface area contributed by atoms with E-state index in [-0.39, 0.29) is 23.7 Å². The van der Waals surface area contributed by atoms with Crippen molar-refractivity contribution in [2.75, 3.05) is 26.1 Å². The van der Waals surface area contributed by atoms with Gasteiger partial charge in [-0.2, -0.15) is 0 Å². The Labute approximate surface area is 185 Å². The standard InChI is InChI=1S/C23H35ClN2O4/c1-4-13-26(21(27)16-24)22(23(28)25-18-9-7-6-8-10-18)17-11-12-19(30-14-5-2)20(15-17)29-3/h11-12,15,18,22H,4-10,13-14,16H2,1-3H3,(H,25,28). The highest BCUT2D eigenvalue weighted by Crippen LogP contribution is 2.33. The van der Waals surface area contributed by atoms with Crippen molar-refractivity contribution in [1.29, 1.82) is 0 Å². The molecule has 1 fully saturated rings. The van der Waals surface area contributed by atoms with E-state index in [2.05, 4.69) is 5.32 Å². The monoisotopic (exact) mass is 438 g/mol. The van der Waals surface area contributed by atoms with E-state index in [0.717, 1.165) is 38.5 Å². The highest BCUT2D eigenvalue weighted by Gasteiger charge is 2.32. The van der Waals surface area contributed by atoms with Crippen LogP contribution in [0.1, 0.15) is 70.4 Å². The van der Waals surface area contributed by atoms with Crippen LogP contribution in [0.2, 0.25) is 0 Å². The number of alkyl halides is 1. The molecule has 1 N–H and O–H groups in total. The summed E-state index contributed by atoms with van der Waals surface area (Å²) >= 11 is 5.88. The molecule has 0 saturated heterocycles. The number of carbonyl (C=O) groups is 2. The molecule has 0 spiro atoms. The van der Waals surface area contributed by atoms with Crippen molar-refractivity contribution in [3.63, 3.8) is 0 Å². The number of halogens is 1. The minimum Gasteiger partial charge on any atom is -0.493 e. The first kappa shape index (κ1) is 24.3. The van der Waals surface area contributed by atoms with Crippen LogP contribution in [0.15, 0.2) is 18.2 Å². The first-order valence-electron chi connectivity index (χ1n) is 11.0. The van der Waals surface area contributed by atoms with Crippen LogP contribution in [0.25, 0.3) is 0 Å². The third-order valence-electron chi connectivity index (χ3n) is 5.38. The highest BCUT2D eigenvalue weighted by molar-refractivity contribution is 6.27. The molecular weight excluding hydrogens is 404 g/mol. The molecule has 2 amide bonds. The summed E-state index contributed by atoms with van der Waals surface area (Å²) in [7, 11) is 1.57. The molecule has 0 bridgehead atoms. The normalized spacial score (nSPS) is 15.3. The Bertz CT molecular complexity index is 692. The van der Waals surface area contributed by atoms with E-state index in [1.165, 1.54) is 6.42 Å². The van der Waals surface area contributed by atoms with Crippen LogP contribution in [0.3, 0.4) is 0 Å². The molecule has 30 heavy (non-hydrogen) atoms. The lowest BCUT2D eigenvalue weighted by Gasteiger charge is -2.33. The summed E-state index contributed by atoms with van der Waals surface area (Å²) in [6, 6.07) is 4.83. The van der Waals surface area contributed by atoms with Gasteiger partial charge in [0.1, 0.15) is 11.9 Å². The Balaban J connectivity index is 2.38. The second-order valence-corrected chi connectivity index (χ2v) is 7.99. The van der Waals surface area contributed by atoms with E-state index in [4.69, 9.17) is 21.1 Å². The molecule has 1 aliphatic rings. The van der Waals surface area contributed by atoms with Crippen LogP contribution in [0, 0.1) is 0 Å². The van der Waals surface area contributed by atoms with Crippen molar-refractivity contribution in [3.8, 4) is 11.5 Å². The molecule has 0 heterocycles. The van der Waals surface area contributed by atoms with Crippen LogP contribution in [0.5, 0.6) is 11.5 Å². The summed E-state index contributed by atoms with van der Waals surface area (Å²) in [4.78, 5) is 27.6. The maximum atomic E-state index is 13.4. The van der Waals surface area contributed by atoms with Crippen molar-refractivity contribution in [2.45, 2.75) is 70.9 Å². The number of methoxy groups -OCH3 is 1. The number of nitrogens with one attached hydrogen (secondary N) is 1. The lowest BCUT2D eigenvalue weighted by molar-refractivity contribution is -0.139. The topological polar surface area (TPSA) is 67.9 Å². The van der Waals surface area contributed by atoms with E-state index in [0.29, 0.717) is 30.2 Å². The first-order valence-corrected chi connectivity index (χ1v) is 11.6. The van der Waals surface area contributed by atoms with Crippen molar-refractivity contribution < 1.29 is 19.1 Å². The van der Waals surface area contributed by atoms with Crippen LogP contribution >= 0.6 is 11.6 Å². The number of carbonyl (C=O) groups excluding carboxylic acids is 2. The van der Waals surface area contributed by atoms with Crippen molar-refractivity contribution in [3.05, 3.63) is 23.8 Å². The van der Waals surface area contributed by atoms with Gasteiger partial charge < -0.3 is 19.7 Å². The number of ether oxygens (including phenoxy) is 2. The zero-order valence-electron chi connectivity index (χ0n) is 18.4. The van der Waals surface area contributed by atoms with E-state index < -0.39 is 6.04 Å². The molecular formula is C23H35ClN2O4. The molecule has 0 radical (unpaired) electrons. The molecule has 1 aliphatic carbocycles. The second-order valence-electron chi connectivity index (χ2n) is 7.73. The Kier molecular flexibility index (Phi) is 10.3. The molecule has 7 heteroatoms. The second kappa shape index (κ2) is 12.7. The summed E-state index contributed by atoms with van der Waals surface area (Å²) in [5.41, 5.74) is 0.691. The number of benzene rings is 1. The highest BCUT2D eigenvalue weighted by atomic mass is 35.5. The molecule has 1 aromatic carbocycles. The average molecular weight is 439 g/mol. The van der Waals surface area contributed by atoms with E-state index in [1.54, 1.807) is 24.1 Å². The molecule has 2 rings (SSSR count). The molecule has 6 nitrogen and oxygen atoms in total. The number of nitrogens with zero attached hydrogens (tertiary/aromatic N) is 1. The predicted molar refractivity (Wildman–Crippen MR) is 119 cm³/mol. The number of hydrogen-bond donors (Lipinski definition) is 1. The smallest absolute Gasteiger partial charge is 0.247 e. The maximum absolute atomic E-state index is 13.4. The van der Waals surface area contributed by atoms with Gasteiger partial charge in [-0.25, -0.2) is 0 Å². The van der Waals surface area contributed by atoms with Crippen LogP contribution < -0.4 is 14.8 Å². The fraction of sp³-hybridized carbons (Fsp3) is 0.652. The van der Waals surface area contributed by atoms with Crippen LogP contribution in [0.4, 0.5) is 0 Å². The predicted octanol–water partition coefficient (Wildman–Crippen LogP) is 4.45. The van der Waals surface area contributed by atoms with Gasteiger partial charge in [0, 0.05) is 12.6 Å². The molecule has 1 aromatic rings. The zero-order valence-corrected chi connectivity index (χ0v) is 19.2. The summed E-state index contributed by atoms with van der Waals surface area (Å²) in [6.45, 7) is 5.04. The minimum atomic E-state index is -0.757.